The molecule has 0 spiro atoms. The summed E-state index contributed by atoms with van der Waals surface area (Å²) in [4.78, 5) is 105. The highest BCUT2D eigenvalue weighted by molar-refractivity contribution is 6.02. The predicted octanol–water partition coefficient (Wildman–Crippen LogP) is 15.4. The third kappa shape index (κ3) is 19.3. The number of aryl methyl sites for hydroxylation is 4. The van der Waals surface area contributed by atoms with Gasteiger partial charge < -0.3 is 36.6 Å². The molecule has 3 fully saturated rings. The van der Waals surface area contributed by atoms with E-state index in [9.17, 15) is 68.3 Å². The van der Waals surface area contributed by atoms with Crippen LogP contribution < -0.4 is 21.9 Å². The first-order chi connectivity index (χ1) is 58.0. The molecule has 25 nitrogen and oxygen atoms in total. The van der Waals surface area contributed by atoms with Crippen LogP contribution in [0.15, 0.2) is 184 Å². The molecule has 624 valence electrons. The SMILES string of the molecule is C=CC(=O)N1CCC[C@@H](n2nc(-c3ccc(CCC(=O)c4c(C)cccc4F)cc3)c3c(N)ncnc32)C1.C=CC(=O)N1CCC[C@@H](n2nc(-c3ccc(CCC(=O)c4cc(OC(F)(F)F)ccc4F)cc3)c3c(N)ncnc32)C1.C=CC(=O)N1CCC[C@@H](n2nc(-c3ccc(CCC(=O)c4ccc(C(F)(F)F)cc4F)cc3)c3c(N)ncnc32)C1. The van der Waals surface area contributed by atoms with Crippen molar-refractivity contribution < 1.29 is 73.0 Å². The number of nitrogens with zero attached hydrogens (tertiary/aromatic N) is 15. The lowest BCUT2D eigenvalue weighted by atomic mass is 9.98. The summed E-state index contributed by atoms with van der Waals surface area (Å²) in [6.45, 7) is 15.9. The highest BCUT2D eigenvalue weighted by Crippen LogP contribution is 2.40. The van der Waals surface area contributed by atoms with Crippen LogP contribution in [0.1, 0.15) is 135 Å². The number of anilines is 3. The molecular weight excluding hydrogens is 1580 g/mol. The second-order valence-electron chi connectivity index (χ2n) is 29.3. The zero-order chi connectivity index (χ0) is 86.1. The quantitative estimate of drug-likeness (QED) is 0.0322. The van der Waals surface area contributed by atoms with Crippen LogP contribution in [-0.2, 0) is 39.8 Å². The molecule has 0 radical (unpaired) electrons. The summed E-state index contributed by atoms with van der Waals surface area (Å²) in [5.74, 6) is -4.27. The van der Waals surface area contributed by atoms with Crippen LogP contribution in [0.3, 0.4) is 0 Å². The third-order valence-electron chi connectivity index (χ3n) is 21.4. The Bertz CT molecular complexity index is 5930. The fraction of sp³-hybridized carbons (Fsp3) is 0.276. The molecule has 3 atom stereocenters. The van der Waals surface area contributed by atoms with Crippen molar-refractivity contribution in [2.75, 3.05) is 56.5 Å². The number of ether oxygens (including phenoxy) is 1. The van der Waals surface area contributed by atoms with Crippen LogP contribution in [0.4, 0.5) is 57.0 Å². The number of hydrogen-bond acceptors (Lipinski definition) is 19. The predicted molar refractivity (Wildman–Crippen MR) is 434 cm³/mol. The van der Waals surface area contributed by atoms with E-state index in [2.05, 4.69) is 54.4 Å². The van der Waals surface area contributed by atoms with Gasteiger partial charge in [-0.3, -0.25) is 28.8 Å². The number of nitrogen functional groups attached to an aromatic ring is 3. The molecule has 6 aromatic carbocycles. The van der Waals surface area contributed by atoms with Gasteiger partial charge in [-0.15, -0.1) is 13.2 Å². The minimum absolute atomic E-state index is 0.0506. The van der Waals surface area contributed by atoms with Gasteiger partial charge >= 0.3 is 12.5 Å². The van der Waals surface area contributed by atoms with Crippen LogP contribution in [-0.4, -0.2) is 155 Å². The number of piperidine rings is 3. The molecule has 3 saturated heterocycles. The van der Waals surface area contributed by atoms with Crippen molar-refractivity contribution in [1.29, 1.82) is 0 Å². The minimum Gasteiger partial charge on any atom is -0.406 e. The zero-order valence-electron chi connectivity index (χ0n) is 65.4. The fourth-order valence-electron chi connectivity index (χ4n) is 15.3. The molecule has 121 heavy (non-hydrogen) atoms. The summed E-state index contributed by atoms with van der Waals surface area (Å²) in [5.41, 5.74) is 25.8. The Hall–Kier alpha value is -13.8. The average molecular weight is 1660 g/mol. The number of Topliss-reactive ketones (excluding diaryl/α,β-unsaturated/α-hetero) is 3. The van der Waals surface area contributed by atoms with Gasteiger partial charge in [0, 0.05) is 75.2 Å². The lowest BCUT2D eigenvalue weighted by Gasteiger charge is -2.32. The first-order valence-electron chi connectivity index (χ1n) is 38.7. The summed E-state index contributed by atoms with van der Waals surface area (Å²) in [6, 6.07) is 30.7. The number of amides is 3. The Labute approximate surface area is 686 Å². The number of carbonyl (C=O) groups is 6. The van der Waals surface area contributed by atoms with Gasteiger partial charge in [0.2, 0.25) is 17.7 Å². The first-order valence-corrected chi connectivity index (χ1v) is 38.7. The van der Waals surface area contributed by atoms with E-state index >= 15 is 0 Å². The largest absolute Gasteiger partial charge is 0.573 e. The number of benzene rings is 6. The van der Waals surface area contributed by atoms with Crippen molar-refractivity contribution in [3.63, 3.8) is 0 Å². The molecule has 3 aliphatic rings. The van der Waals surface area contributed by atoms with Crippen LogP contribution >= 0.6 is 0 Å². The molecule has 15 rings (SSSR count). The van der Waals surface area contributed by atoms with Gasteiger partial charge in [-0.1, -0.05) is 105 Å². The second kappa shape index (κ2) is 36.6. The normalized spacial score (nSPS) is 15.6. The molecule has 3 aliphatic heterocycles. The number of alkyl halides is 6. The Morgan fingerprint density at radius 1 is 0.455 bits per heavy atom. The second-order valence-corrected chi connectivity index (χ2v) is 29.3. The van der Waals surface area contributed by atoms with Gasteiger partial charge in [0.15, 0.2) is 34.3 Å². The summed E-state index contributed by atoms with van der Waals surface area (Å²) in [5, 5.41) is 16.4. The lowest BCUT2D eigenvalue weighted by molar-refractivity contribution is -0.274. The average Bonchev–Trinajstić information content (AvgIpc) is 1.60. The maximum atomic E-state index is 14.2. The van der Waals surface area contributed by atoms with Gasteiger partial charge in [0.25, 0.3) is 0 Å². The number of halogens is 9. The molecule has 0 bridgehead atoms. The molecule has 6 N–H and O–H groups in total. The maximum absolute atomic E-state index is 14.2. The molecule has 12 aromatic rings. The maximum Gasteiger partial charge on any atom is 0.573 e. The summed E-state index contributed by atoms with van der Waals surface area (Å²) >= 11 is 0. The number of ketones is 3. The van der Waals surface area contributed by atoms with E-state index in [0.29, 0.717) is 125 Å². The third-order valence-corrected chi connectivity index (χ3v) is 21.4. The van der Waals surface area contributed by atoms with E-state index in [1.54, 1.807) is 79.5 Å². The Balaban J connectivity index is 0.000000157. The van der Waals surface area contributed by atoms with Crippen LogP contribution in [0.2, 0.25) is 0 Å². The highest BCUT2D eigenvalue weighted by Gasteiger charge is 2.36. The fourth-order valence-corrected chi connectivity index (χ4v) is 15.3. The van der Waals surface area contributed by atoms with Gasteiger partial charge in [-0.05, 0) is 148 Å². The van der Waals surface area contributed by atoms with Crippen LogP contribution in [0.5, 0.6) is 5.75 Å². The zero-order valence-corrected chi connectivity index (χ0v) is 65.4. The van der Waals surface area contributed by atoms with E-state index in [-0.39, 0.29) is 96.5 Å². The molecule has 34 heteroatoms. The van der Waals surface area contributed by atoms with E-state index in [0.717, 1.165) is 90.6 Å². The van der Waals surface area contributed by atoms with E-state index in [1.165, 1.54) is 43.3 Å². The molecule has 0 aliphatic carbocycles. The standard InChI is InChI=1S/C29H26F4N6O3.C29H26F4N6O2.C29H29FN6O2/c1-2-24(41)38-13-3-4-19(15-38)39-28-25(27(34)35-16-36-28)26(37-39)18-8-5-17(6-9-18)7-12-23(40)21-14-20(10-11-22(21)30)42-29(31,32)33;1-2-24(41)38-13-3-4-20(15-38)39-28-25(27(34)35-16-36-28)26(37-39)18-8-5-17(6-9-18)7-12-23(40)21-11-10-19(14-22(21)30)29(31,32)33;1-3-24(38)35-15-5-7-21(16-35)36-29-26(28(31)32-17-33-29)27(34-36)20-12-9-19(10-13-20)11-14-23(37)25-18(2)6-4-8-22(25)30/h2,5-6,8-11,14,16,19H,1,3-4,7,12-13,15H2,(H2,34,35,36);2,5-6,8-11,14,16,20H,1,3-4,7,12-13,15H2,(H2,34,35,36);3-4,6,8-10,12-13,17,21H,1,5,7,11,14-16H2,2H3,(H2,31,32,33)/t19-;20-;21-/m111/s1. The summed E-state index contributed by atoms with van der Waals surface area (Å²) in [6.07, 6.45) is 4.28. The summed E-state index contributed by atoms with van der Waals surface area (Å²) < 4.78 is 128. The minimum atomic E-state index is -4.96. The van der Waals surface area contributed by atoms with Crippen LogP contribution in [0, 0.1) is 24.4 Å². The number of nitrogens with two attached hydrogens (primary N) is 3. The monoisotopic (exact) mass is 1660 g/mol. The molecule has 3 amide bonds. The number of carbonyl (C=O) groups excluding carboxylic acids is 6. The molecule has 6 aromatic heterocycles. The van der Waals surface area contributed by atoms with Gasteiger partial charge in [-0.2, -0.15) is 28.5 Å². The van der Waals surface area contributed by atoms with Crippen molar-refractivity contribution >= 4 is 85.6 Å². The first kappa shape index (κ1) is 85.1. The molecule has 9 heterocycles. The summed E-state index contributed by atoms with van der Waals surface area (Å²) in [7, 11) is 0. The van der Waals surface area contributed by atoms with Gasteiger partial charge in [0.05, 0.1) is 56.5 Å². The molecular formula is C87H81F9N18O7. The number of hydrogen-bond donors (Lipinski definition) is 3. The Kier molecular flexibility index (Phi) is 25.7. The van der Waals surface area contributed by atoms with Crippen molar-refractivity contribution in [3.05, 3.63) is 246 Å². The number of rotatable bonds is 22. The number of likely N-dealkylation sites (tertiary alicyclic amines) is 3. The Morgan fingerprint density at radius 2 is 0.835 bits per heavy atom. The molecule has 0 saturated carbocycles. The van der Waals surface area contributed by atoms with Crippen molar-refractivity contribution in [2.24, 2.45) is 0 Å². The van der Waals surface area contributed by atoms with Gasteiger partial charge in [0.1, 0.15) is 76.7 Å². The smallest absolute Gasteiger partial charge is 0.406 e. The van der Waals surface area contributed by atoms with Crippen molar-refractivity contribution in [2.45, 2.75) is 115 Å². The highest BCUT2D eigenvalue weighted by atomic mass is 19.4. The van der Waals surface area contributed by atoms with Gasteiger partial charge in [-0.25, -0.2) is 57.1 Å². The van der Waals surface area contributed by atoms with Crippen LogP contribution in [0.25, 0.3) is 66.9 Å². The number of fused-ring (bicyclic) bond motifs is 3. The Morgan fingerprint density at radius 3 is 1.19 bits per heavy atom. The van der Waals surface area contributed by atoms with E-state index in [1.807, 2.05) is 41.1 Å². The van der Waals surface area contributed by atoms with Crippen molar-refractivity contribution in [1.82, 2.24) is 73.9 Å². The van der Waals surface area contributed by atoms with E-state index < -0.39 is 58.4 Å². The topological polar surface area (TPSA) is 330 Å². The lowest BCUT2D eigenvalue weighted by Crippen LogP contribution is -2.40. The van der Waals surface area contributed by atoms with E-state index in [4.69, 9.17) is 32.5 Å². The number of aromatic nitrogens is 12. The van der Waals surface area contributed by atoms with Crippen molar-refractivity contribution in [3.8, 4) is 39.5 Å². The molecule has 0 unspecified atom stereocenters.